The van der Waals surface area contributed by atoms with E-state index in [1.807, 2.05) is 30.3 Å². The van der Waals surface area contributed by atoms with Crippen LogP contribution in [0.5, 0.6) is 0 Å². The van der Waals surface area contributed by atoms with Crippen molar-refractivity contribution in [1.82, 2.24) is 10.2 Å². The van der Waals surface area contributed by atoms with Crippen LogP contribution in [-0.4, -0.2) is 56.7 Å². The van der Waals surface area contributed by atoms with Crippen molar-refractivity contribution in [3.63, 3.8) is 0 Å². The number of amides is 1. The van der Waals surface area contributed by atoms with Crippen LogP contribution in [0.2, 0.25) is 0 Å². The Morgan fingerprint density at radius 2 is 1.76 bits per heavy atom. The van der Waals surface area contributed by atoms with Crippen molar-refractivity contribution < 1.29 is 9.53 Å². The molecule has 5 nitrogen and oxygen atoms in total. The van der Waals surface area contributed by atoms with E-state index in [4.69, 9.17) is 4.74 Å². The van der Waals surface area contributed by atoms with E-state index in [2.05, 4.69) is 53.2 Å². The lowest BCUT2D eigenvalue weighted by molar-refractivity contribution is 0.0162. The lowest BCUT2D eigenvalue weighted by atomic mass is 10.0. The zero-order valence-corrected chi connectivity index (χ0v) is 17.6. The van der Waals surface area contributed by atoms with Gasteiger partial charge < -0.3 is 15.0 Å². The first-order chi connectivity index (χ1) is 14.2. The quantitative estimate of drug-likeness (QED) is 0.703. The van der Waals surface area contributed by atoms with E-state index < -0.39 is 0 Å². The van der Waals surface area contributed by atoms with Crippen LogP contribution in [-0.2, 0) is 4.74 Å². The van der Waals surface area contributed by atoms with Crippen LogP contribution in [0, 0.1) is 0 Å². The number of anilines is 1. The standard InChI is InChI=1S/C24H33N3O2/c1-3-14-26(4-2)22-12-10-21(11-13-22)24(28)25-19-23(20-8-6-5-7-9-20)27-15-17-29-18-16-27/h5-13,23H,3-4,14-19H2,1-2H3,(H,25,28). The largest absolute Gasteiger partial charge is 0.379 e. The topological polar surface area (TPSA) is 44.8 Å². The Labute approximate surface area is 174 Å². The van der Waals surface area contributed by atoms with Crippen molar-refractivity contribution in [3.8, 4) is 0 Å². The average molecular weight is 396 g/mol. The summed E-state index contributed by atoms with van der Waals surface area (Å²) in [6.45, 7) is 10.2. The molecule has 1 aliphatic rings. The molecule has 1 saturated heterocycles. The first-order valence-electron chi connectivity index (χ1n) is 10.7. The molecule has 156 valence electrons. The lowest BCUT2D eigenvalue weighted by Gasteiger charge is -2.35. The lowest BCUT2D eigenvalue weighted by Crippen LogP contribution is -2.43. The molecular weight excluding hydrogens is 362 g/mol. The summed E-state index contributed by atoms with van der Waals surface area (Å²) in [4.78, 5) is 17.5. The zero-order valence-electron chi connectivity index (χ0n) is 17.6. The number of benzene rings is 2. The fourth-order valence-electron chi connectivity index (χ4n) is 3.88. The molecule has 0 saturated carbocycles. The molecule has 0 radical (unpaired) electrons. The first kappa shape index (κ1) is 21.3. The van der Waals surface area contributed by atoms with Crippen molar-refractivity contribution in [1.29, 1.82) is 0 Å². The summed E-state index contributed by atoms with van der Waals surface area (Å²) < 4.78 is 5.50. The van der Waals surface area contributed by atoms with Crippen molar-refractivity contribution >= 4 is 11.6 Å². The minimum atomic E-state index is -0.0238. The number of morpholine rings is 1. The molecule has 1 N–H and O–H groups in total. The van der Waals surface area contributed by atoms with E-state index in [-0.39, 0.29) is 11.9 Å². The van der Waals surface area contributed by atoms with Gasteiger partial charge in [-0.2, -0.15) is 0 Å². The highest BCUT2D eigenvalue weighted by atomic mass is 16.5. The first-order valence-corrected chi connectivity index (χ1v) is 10.7. The second kappa shape index (κ2) is 11.0. The molecular formula is C24H33N3O2. The number of nitrogens with zero attached hydrogens (tertiary/aromatic N) is 2. The number of nitrogens with one attached hydrogen (secondary N) is 1. The predicted molar refractivity (Wildman–Crippen MR) is 119 cm³/mol. The Hall–Kier alpha value is -2.37. The van der Waals surface area contributed by atoms with E-state index in [9.17, 15) is 4.79 Å². The summed E-state index contributed by atoms with van der Waals surface area (Å²) in [5, 5.41) is 3.15. The molecule has 0 spiro atoms. The number of rotatable bonds is 9. The molecule has 1 heterocycles. The Kier molecular flexibility index (Phi) is 8.08. The Bertz CT molecular complexity index is 742. The normalized spacial score (nSPS) is 15.7. The van der Waals surface area contributed by atoms with Crippen molar-refractivity contribution in [2.45, 2.75) is 26.3 Å². The molecule has 5 heteroatoms. The van der Waals surface area contributed by atoms with Gasteiger partial charge in [0.25, 0.3) is 5.91 Å². The van der Waals surface area contributed by atoms with E-state index in [1.54, 1.807) is 0 Å². The van der Waals surface area contributed by atoms with Gasteiger partial charge in [-0.05, 0) is 43.2 Å². The summed E-state index contributed by atoms with van der Waals surface area (Å²) in [5.41, 5.74) is 3.10. The van der Waals surface area contributed by atoms with Crippen LogP contribution < -0.4 is 10.2 Å². The Morgan fingerprint density at radius 3 is 2.38 bits per heavy atom. The van der Waals surface area contributed by atoms with Crippen LogP contribution >= 0.6 is 0 Å². The molecule has 1 amide bonds. The zero-order chi connectivity index (χ0) is 20.5. The van der Waals surface area contributed by atoms with Crippen molar-refractivity contribution in [2.75, 3.05) is 50.8 Å². The highest BCUT2D eigenvalue weighted by molar-refractivity contribution is 5.94. The maximum atomic E-state index is 12.8. The third kappa shape index (κ3) is 5.81. The van der Waals surface area contributed by atoms with Crippen LogP contribution in [0.15, 0.2) is 54.6 Å². The Balaban J connectivity index is 1.65. The second-order valence-electron chi connectivity index (χ2n) is 7.41. The third-order valence-corrected chi connectivity index (χ3v) is 5.50. The maximum Gasteiger partial charge on any atom is 0.251 e. The van der Waals surface area contributed by atoms with Gasteiger partial charge in [-0.15, -0.1) is 0 Å². The molecule has 29 heavy (non-hydrogen) atoms. The molecule has 0 bridgehead atoms. The summed E-state index contributed by atoms with van der Waals surface area (Å²) in [7, 11) is 0. The molecule has 1 aliphatic heterocycles. The fourth-order valence-corrected chi connectivity index (χ4v) is 3.88. The summed E-state index contributed by atoms with van der Waals surface area (Å²) in [5.74, 6) is -0.0238. The van der Waals surface area contributed by atoms with Crippen LogP contribution in [0.3, 0.4) is 0 Å². The van der Waals surface area contributed by atoms with E-state index in [1.165, 1.54) is 11.3 Å². The van der Waals surface area contributed by atoms with Crippen LogP contribution in [0.1, 0.15) is 42.2 Å². The van der Waals surface area contributed by atoms with Crippen molar-refractivity contribution in [3.05, 3.63) is 65.7 Å². The highest BCUT2D eigenvalue weighted by Gasteiger charge is 2.23. The highest BCUT2D eigenvalue weighted by Crippen LogP contribution is 2.21. The van der Waals surface area contributed by atoms with E-state index in [0.717, 1.165) is 45.8 Å². The monoisotopic (exact) mass is 395 g/mol. The van der Waals surface area contributed by atoms with Gasteiger partial charge in [-0.3, -0.25) is 9.69 Å². The number of ether oxygens (including phenoxy) is 1. The predicted octanol–water partition coefficient (Wildman–Crippen LogP) is 3.73. The van der Waals surface area contributed by atoms with Crippen LogP contribution in [0.25, 0.3) is 0 Å². The smallest absolute Gasteiger partial charge is 0.251 e. The van der Waals surface area contributed by atoms with Gasteiger partial charge in [0.1, 0.15) is 0 Å². The van der Waals surface area contributed by atoms with Gasteiger partial charge in [-0.1, -0.05) is 37.3 Å². The average Bonchev–Trinajstić information content (AvgIpc) is 2.79. The molecule has 0 aliphatic carbocycles. The van der Waals surface area contributed by atoms with Gasteiger partial charge in [0.2, 0.25) is 0 Å². The SMILES string of the molecule is CCCN(CC)c1ccc(C(=O)NCC(c2ccccc2)N2CCOCC2)cc1. The number of hydrogen-bond donors (Lipinski definition) is 1. The molecule has 2 aromatic carbocycles. The fraction of sp³-hybridized carbons (Fsp3) is 0.458. The van der Waals surface area contributed by atoms with Gasteiger partial charge in [0.05, 0.1) is 19.3 Å². The molecule has 0 aromatic heterocycles. The van der Waals surface area contributed by atoms with Gasteiger partial charge in [-0.25, -0.2) is 0 Å². The van der Waals surface area contributed by atoms with E-state index >= 15 is 0 Å². The molecule has 2 aromatic rings. The molecule has 1 atom stereocenters. The van der Waals surface area contributed by atoms with Crippen molar-refractivity contribution in [2.24, 2.45) is 0 Å². The number of hydrogen-bond acceptors (Lipinski definition) is 4. The second-order valence-corrected chi connectivity index (χ2v) is 7.41. The van der Waals surface area contributed by atoms with Gasteiger partial charge in [0.15, 0.2) is 0 Å². The van der Waals surface area contributed by atoms with Gasteiger partial charge >= 0.3 is 0 Å². The van der Waals surface area contributed by atoms with Gasteiger partial charge in [0, 0.05) is 44.0 Å². The van der Waals surface area contributed by atoms with Crippen LogP contribution in [0.4, 0.5) is 5.69 Å². The Morgan fingerprint density at radius 1 is 1.07 bits per heavy atom. The number of carbonyl (C=O) groups excluding carboxylic acids is 1. The summed E-state index contributed by atoms with van der Waals surface area (Å²) in [6, 6.07) is 18.5. The minimum Gasteiger partial charge on any atom is -0.379 e. The number of carbonyl (C=O) groups is 1. The summed E-state index contributed by atoms with van der Waals surface area (Å²) >= 11 is 0. The maximum absolute atomic E-state index is 12.8. The summed E-state index contributed by atoms with van der Waals surface area (Å²) in [6.07, 6.45) is 1.11. The molecule has 3 rings (SSSR count). The molecule has 1 fully saturated rings. The van der Waals surface area contributed by atoms with E-state index in [0.29, 0.717) is 12.1 Å². The minimum absolute atomic E-state index is 0.0238. The molecule has 1 unspecified atom stereocenters. The third-order valence-electron chi connectivity index (χ3n) is 5.50.